The quantitative estimate of drug-likeness (QED) is 0.910. The second-order valence-electron chi connectivity index (χ2n) is 3.85. The van der Waals surface area contributed by atoms with Crippen LogP contribution in [-0.4, -0.2) is 18.2 Å². The summed E-state index contributed by atoms with van der Waals surface area (Å²) in [6.45, 7) is 4.83. The van der Waals surface area contributed by atoms with E-state index >= 15 is 0 Å². The van der Waals surface area contributed by atoms with Crippen LogP contribution in [0.15, 0.2) is 18.3 Å². The first-order valence-electron chi connectivity index (χ1n) is 6.09. The Hall–Kier alpha value is -2.48. The van der Waals surface area contributed by atoms with E-state index in [1.807, 2.05) is 19.9 Å². The minimum atomic E-state index is 0.335. The van der Waals surface area contributed by atoms with E-state index in [4.69, 9.17) is 20.5 Å². The van der Waals surface area contributed by atoms with Gasteiger partial charge in [0.15, 0.2) is 0 Å². The van der Waals surface area contributed by atoms with Crippen LogP contribution in [0.2, 0.25) is 0 Å². The maximum absolute atomic E-state index is 9.03. The minimum absolute atomic E-state index is 0.335. The van der Waals surface area contributed by atoms with Gasteiger partial charge in [-0.25, -0.2) is 0 Å². The number of benzene rings is 1. The highest BCUT2D eigenvalue weighted by atomic mass is 16.5. The minimum Gasteiger partial charge on any atom is -0.493 e. The molecule has 0 radical (unpaired) electrons. The van der Waals surface area contributed by atoms with Gasteiger partial charge in [0, 0.05) is 6.20 Å². The average Bonchev–Trinajstić information content (AvgIpc) is 2.42. The molecule has 5 nitrogen and oxygen atoms in total. The van der Waals surface area contributed by atoms with Crippen molar-refractivity contribution in [3.63, 3.8) is 0 Å². The number of hydrogen-bond acceptors (Lipinski definition) is 5. The van der Waals surface area contributed by atoms with Crippen LogP contribution in [0, 0.1) is 11.3 Å². The molecule has 0 unspecified atom stereocenters. The fourth-order valence-corrected chi connectivity index (χ4v) is 1.91. The number of nitrogens with zero attached hydrogens (tertiary/aromatic N) is 2. The zero-order valence-electron chi connectivity index (χ0n) is 10.9. The summed E-state index contributed by atoms with van der Waals surface area (Å²) < 4.78 is 11.1. The van der Waals surface area contributed by atoms with Crippen molar-refractivity contribution in [1.82, 2.24) is 4.98 Å². The molecule has 1 aromatic heterocycles. The van der Waals surface area contributed by atoms with Gasteiger partial charge in [-0.3, -0.25) is 4.98 Å². The van der Waals surface area contributed by atoms with Crippen molar-refractivity contribution in [2.24, 2.45) is 0 Å². The van der Waals surface area contributed by atoms with Gasteiger partial charge in [0.2, 0.25) is 0 Å². The van der Waals surface area contributed by atoms with Crippen LogP contribution in [0.4, 0.5) is 5.69 Å². The second-order valence-corrected chi connectivity index (χ2v) is 3.85. The van der Waals surface area contributed by atoms with Crippen molar-refractivity contribution in [1.29, 1.82) is 5.26 Å². The van der Waals surface area contributed by atoms with Gasteiger partial charge in [-0.05, 0) is 26.0 Å². The standard InChI is InChI=1S/C14H15N3O2/c1-3-18-10-5-6-11(19-4-2)14-12(10)13(16)9(7-15)8-17-14/h5-6,8H,3-4H2,1-2H3,(H2,16,17). The van der Waals surface area contributed by atoms with Gasteiger partial charge in [0.1, 0.15) is 23.1 Å². The first-order chi connectivity index (χ1) is 9.22. The van der Waals surface area contributed by atoms with E-state index < -0.39 is 0 Å². The number of fused-ring (bicyclic) bond motifs is 1. The Morgan fingerprint density at radius 1 is 1.21 bits per heavy atom. The molecule has 2 aromatic rings. The number of nitriles is 1. The van der Waals surface area contributed by atoms with Gasteiger partial charge in [0.05, 0.1) is 29.9 Å². The SMILES string of the molecule is CCOc1ccc(OCC)c2c(N)c(C#N)cnc12. The largest absolute Gasteiger partial charge is 0.493 e. The van der Waals surface area contributed by atoms with Crippen molar-refractivity contribution in [2.75, 3.05) is 18.9 Å². The molecule has 2 rings (SSSR count). The molecular weight excluding hydrogens is 242 g/mol. The number of ether oxygens (including phenoxy) is 2. The summed E-state index contributed by atoms with van der Waals surface area (Å²) in [5.41, 5.74) is 7.35. The molecule has 2 N–H and O–H groups in total. The number of nitrogen functional groups attached to an aromatic ring is 1. The van der Waals surface area contributed by atoms with Crippen LogP contribution in [0.1, 0.15) is 19.4 Å². The first-order valence-corrected chi connectivity index (χ1v) is 6.09. The Morgan fingerprint density at radius 2 is 1.84 bits per heavy atom. The van der Waals surface area contributed by atoms with Gasteiger partial charge in [-0.2, -0.15) is 5.26 Å². The molecule has 98 valence electrons. The van der Waals surface area contributed by atoms with E-state index in [-0.39, 0.29) is 0 Å². The number of pyridine rings is 1. The van der Waals surface area contributed by atoms with Crippen LogP contribution in [0.25, 0.3) is 10.9 Å². The molecule has 0 atom stereocenters. The predicted octanol–water partition coefficient (Wildman–Crippen LogP) is 2.49. The van der Waals surface area contributed by atoms with Crippen molar-refractivity contribution in [2.45, 2.75) is 13.8 Å². The fraction of sp³-hybridized carbons (Fsp3) is 0.286. The molecule has 0 amide bonds. The molecule has 19 heavy (non-hydrogen) atoms. The molecule has 5 heteroatoms. The summed E-state index contributed by atoms with van der Waals surface area (Å²) in [7, 11) is 0. The lowest BCUT2D eigenvalue weighted by Gasteiger charge is -2.13. The van der Waals surface area contributed by atoms with Crippen LogP contribution >= 0.6 is 0 Å². The van der Waals surface area contributed by atoms with E-state index in [0.29, 0.717) is 46.9 Å². The second kappa shape index (κ2) is 5.44. The lowest BCUT2D eigenvalue weighted by atomic mass is 10.1. The maximum Gasteiger partial charge on any atom is 0.145 e. The zero-order chi connectivity index (χ0) is 13.8. The summed E-state index contributed by atoms with van der Waals surface area (Å²) in [5.74, 6) is 1.25. The zero-order valence-corrected chi connectivity index (χ0v) is 10.9. The molecular formula is C14H15N3O2. The van der Waals surface area contributed by atoms with E-state index in [0.717, 1.165) is 0 Å². The number of nitrogens with two attached hydrogens (primary N) is 1. The average molecular weight is 257 g/mol. The summed E-state index contributed by atoms with van der Waals surface area (Å²) >= 11 is 0. The first kappa shape index (κ1) is 13.0. The van der Waals surface area contributed by atoms with Crippen molar-refractivity contribution in [3.8, 4) is 17.6 Å². The number of anilines is 1. The molecule has 0 aliphatic carbocycles. The molecule has 0 aliphatic rings. The summed E-state index contributed by atoms with van der Waals surface area (Å²) in [4.78, 5) is 4.27. The maximum atomic E-state index is 9.03. The van der Waals surface area contributed by atoms with Crippen molar-refractivity contribution < 1.29 is 9.47 Å². The highest BCUT2D eigenvalue weighted by Gasteiger charge is 2.14. The Bertz CT molecular complexity index is 647. The number of rotatable bonds is 4. The Labute approximate surface area is 111 Å². The molecule has 1 heterocycles. The topological polar surface area (TPSA) is 81.2 Å². The third-order valence-electron chi connectivity index (χ3n) is 2.71. The molecule has 0 saturated heterocycles. The number of aromatic nitrogens is 1. The van der Waals surface area contributed by atoms with Crippen LogP contribution < -0.4 is 15.2 Å². The highest BCUT2D eigenvalue weighted by molar-refractivity contribution is 6.00. The fourth-order valence-electron chi connectivity index (χ4n) is 1.91. The third kappa shape index (κ3) is 2.25. The summed E-state index contributed by atoms with van der Waals surface area (Å²) in [5, 5.41) is 9.66. The predicted molar refractivity (Wildman–Crippen MR) is 73.2 cm³/mol. The number of hydrogen-bond donors (Lipinski definition) is 1. The molecule has 0 aliphatic heterocycles. The Kier molecular flexibility index (Phi) is 3.71. The normalized spacial score (nSPS) is 10.2. The van der Waals surface area contributed by atoms with Gasteiger partial charge in [0.25, 0.3) is 0 Å². The summed E-state index contributed by atoms with van der Waals surface area (Å²) in [6, 6.07) is 5.61. The lowest BCUT2D eigenvalue weighted by molar-refractivity contribution is 0.336. The molecule has 0 spiro atoms. The van der Waals surface area contributed by atoms with Crippen molar-refractivity contribution >= 4 is 16.6 Å². The molecule has 1 aromatic carbocycles. The van der Waals surface area contributed by atoms with Crippen LogP contribution in [-0.2, 0) is 0 Å². The monoisotopic (exact) mass is 257 g/mol. The highest BCUT2D eigenvalue weighted by Crippen LogP contribution is 2.36. The van der Waals surface area contributed by atoms with Crippen LogP contribution in [0.5, 0.6) is 11.5 Å². The molecule has 0 saturated carbocycles. The van der Waals surface area contributed by atoms with Gasteiger partial charge < -0.3 is 15.2 Å². The Balaban J connectivity index is 2.77. The lowest BCUT2D eigenvalue weighted by Crippen LogP contribution is -2.01. The van der Waals surface area contributed by atoms with Crippen molar-refractivity contribution in [3.05, 3.63) is 23.9 Å². The third-order valence-corrected chi connectivity index (χ3v) is 2.71. The van der Waals surface area contributed by atoms with E-state index in [2.05, 4.69) is 4.98 Å². The van der Waals surface area contributed by atoms with Gasteiger partial charge >= 0.3 is 0 Å². The van der Waals surface area contributed by atoms with E-state index in [9.17, 15) is 0 Å². The van der Waals surface area contributed by atoms with Gasteiger partial charge in [-0.15, -0.1) is 0 Å². The Morgan fingerprint density at radius 3 is 2.47 bits per heavy atom. The van der Waals surface area contributed by atoms with E-state index in [1.54, 1.807) is 12.1 Å². The van der Waals surface area contributed by atoms with Gasteiger partial charge in [-0.1, -0.05) is 0 Å². The van der Waals surface area contributed by atoms with E-state index in [1.165, 1.54) is 6.20 Å². The summed E-state index contributed by atoms with van der Waals surface area (Å²) in [6.07, 6.45) is 1.45. The molecule has 0 bridgehead atoms. The molecule has 0 fully saturated rings. The van der Waals surface area contributed by atoms with Crippen LogP contribution in [0.3, 0.4) is 0 Å². The smallest absolute Gasteiger partial charge is 0.145 e.